The fraction of sp³-hybridized carbons (Fsp3) is 0.647. The smallest absolute Gasteiger partial charge is 0.0234 e. The van der Waals surface area contributed by atoms with E-state index in [0.29, 0.717) is 0 Å². The number of hydrogen-bond acceptors (Lipinski definition) is 3. The summed E-state index contributed by atoms with van der Waals surface area (Å²) < 4.78 is 0. The van der Waals surface area contributed by atoms with Gasteiger partial charge < -0.3 is 10.6 Å². The molecule has 0 saturated carbocycles. The average molecular weight is 275 g/mol. The molecule has 20 heavy (non-hydrogen) atoms. The van der Waals surface area contributed by atoms with Crippen LogP contribution in [0.3, 0.4) is 0 Å². The van der Waals surface area contributed by atoms with Crippen LogP contribution in [0.1, 0.15) is 29.5 Å². The minimum absolute atomic E-state index is 0.808. The molecule has 1 fully saturated rings. The Labute approximate surface area is 123 Å². The Morgan fingerprint density at radius 2 is 1.75 bits per heavy atom. The summed E-state index contributed by atoms with van der Waals surface area (Å²) in [5.74, 6) is 0. The molecule has 0 aromatic heterocycles. The topological polar surface area (TPSA) is 32.5 Å². The summed E-state index contributed by atoms with van der Waals surface area (Å²) in [7, 11) is 0. The maximum atomic E-state index is 5.60. The van der Waals surface area contributed by atoms with Gasteiger partial charge in [-0.25, -0.2) is 0 Å². The van der Waals surface area contributed by atoms with Gasteiger partial charge in [0.15, 0.2) is 0 Å². The van der Waals surface area contributed by atoms with Crippen molar-refractivity contribution in [1.82, 2.24) is 9.80 Å². The van der Waals surface area contributed by atoms with E-state index in [0.717, 1.165) is 26.1 Å². The second kappa shape index (κ2) is 7.77. The Morgan fingerprint density at radius 1 is 1.00 bits per heavy atom. The number of benzene rings is 1. The van der Waals surface area contributed by atoms with E-state index in [2.05, 4.69) is 41.8 Å². The molecule has 2 N–H and O–H groups in total. The predicted octanol–water partition coefficient (Wildman–Crippen LogP) is 2.16. The van der Waals surface area contributed by atoms with Gasteiger partial charge in [-0.05, 0) is 69.6 Å². The number of hydrogen-bond donors (Lipinski definition) is 1. The molecule has 0 aliphatic carbocycles. The molecule has 1 aliphatic rings. The fourth-order valence-electron chi connectivity index (χ4n) is 2.88. The molecular weight excluding hydrogens is 246 g/mol. The minimum atomic E-state index is 0.808. The third kappa shape index (κ3) is 4.58. The maximum absolute atomic E-state index is 5.60. The van der Waals surface area contributed by atoms with Crippen molar-refractivity contribution in [2.45, 2.75) is 33.2 Å². The van der Waals surface area contributed by atoms with Gasteiger partial charge in [-0.3, -0.25) is 4.90 Å². The quantitative estimate of drug-likeness (QED) is 0.894. The van der Waals surface area contributed by atoms with Crippen molar-refractivity contribution in [3.8, 4) is 0 Å². The number of nitrogens with two attached hydrogens (primary N) is 1. The molecule has 1 saturated heterocycles. The van der Waals surface area contributed by atoms with E-state index in [1.165, 1.54) is 49.3 Å². The Bertz CT molecular complexity index is 417. The van der Waals surface area contributed by atoms with Crippen LogP contribution in [-0.4, -0.2) is 49.1 Å². The third-order valence-electron chi connectivity index (χ3n) is 4.34. The first-order valence-corrected chi connectivity index (χ1v) is 7.90. The normalized spacial score (nSPS) is 18.1. The number of aryl methyl sites for hydroxylation is 2. The first-order chi connectivity index (χ1) is 9.69. The van der Waals surface area contributed by atoms with Crippen LogP contribution in [0.2, 0.25) is 0 Å². The Morgan fingerprint density at radius 3 is 2.50 bits per heavy atom. The molecule has 112 valence electrons. The second-order valence-electron chi connectivity index (χ2n) is 6.03. The standard InChI is InChI=1S/C17H29N3/c1-15-5-6-17(13-16(15)2)14-20-10-4-9-19(11-12-20)8-3-7-18/h5-6,13H,3-4,7-12,14,18H2,1-2H3. The molecule has 0 amide bonds. The van der Waals surface area contributed by atoms with Gasteiger partial charge in [-0.1, -0.05) is 18.2 Å². The van der Waals surface area contributed by atoms with Crippen LogP contribution in [0.5, 0.6) is 0 Å². The highest BCUT2D eigenvalue weighted by Crippen LogP contribution is 2.13. The number of rotatable bonds is 5. The molecule has 1 heterocycles. The van der Waals surface area contributed by atoms with Crippen LogP contribution in [-0.2, 0) is 6.54 Å². The van der Waals surface area contributed by atoms with E-state index in [1.54, 1.807) is 0 Å². The minimum Gasteiger partial charge on any atom is -0.330 e. The van der Waals surface area contributed by atoms with E-state index < -0.39 is 0 Å². The van der Waals surface area contributed by atoms with Crippen molar-refractivity contribution in [3.05, 3.63) is 34.9 Å². The molecule has 0 radical (unpaired) electrons. The van der Waals surface area contributed by atoms with Gasteiger partial charge in [0.25, 0.3) is 0 Å². The summed E-state index contributed by atoms with van der Waals surface area (Å²) in [5.41, 5.74) is 9.84. The zero-order valence-corrected chi connectivity index (χ0v) is 13.1. The highest BCUT2D eigenvalue weighted by Gasteiger charge is 2.14. The van der Waals surface area contributed by atoms with Crippen LogP contribution < -0.4 is 5.73 Å². The highest BCUT2D eigenvalue weighted by molar-refractivity contribution is 5.29. The van der Waals surface area contributed by atoms with Gasteiger partial charge in [-0.2, -0.15) is 0 Å². The van der Waals surface area contributed by atoms with Crippen molar-refractivity contribution in [2.24, 2.45) is 5.73 Å². The van der Waals surface area contributed by atoms with Gasteiger partial charge in [0, 0.05) is 19.6 Å². The van der Waals surface area contributed by atoms with Gasteiger partial charge in [0.2, 0.25) is 0 Å². The lowest BCUT2D eigenvalue weighted by Gasteiger charge is -2.22. The second-order valence-corrected chi connectivity index (χ2v) is 6.03. The summed E-state index contributed by atoms with van der Waals surface area (Å²) in [6, 6.07) is 6.86. The lowest BCUT2D eigenvalue weighted by Crippen LogP contribution is -2.31. The lowest BCUT2D eigenvalue weighted by atomic mass is 10.1. The Hall–Kier alpha value is -0.900. The van der Waals surface area contributed by atoms with Crippen molar-refractivity contribution in [1.29, 1.82) is 0 Å². The average Bonchev–Trinajstić information content (AvgIpc) is 2.66. The molecular formula is C17H29N3. The molecule has 0 bridgehead atoms. The largest absolute Gasteiger partial charge is 0.330 e. The summed E-state index contributed by atoms with van der Waals surface area (Å²) in [4.78, 5) is 5.15. The van der Waals surface area contributed by atoms with Crippen LogP contribution in [0, 0.1) is 13.8 Å². The molecule has 1 aromatic rings. The lowest BCUT2D eigenvalue weighted by molar-refractivity contribution is 0.251. The van der Waals surface area contributed by atoms with Crippen molar-refractivity contribution < 1.29 is 0 Å². The molecule has 1 aromatic carbocycles. The molecule has 0 atom stereocenters. The highest BCUT2D eigenvalue weighted by atomic mass is 15.2. The van der Waals surface area contributed by atoms with Crippen LogP contribution in [0.4, 0.5) is 0 Å². The van der Waals surface area contributed by atoms with Crippen LogP contribution >= 0.6 is 0 Å². The summed E-state index contributed by atoms with van der Waals surface area (Å²) in [6.45, 7) is 12.2. The van der Waals surface area contributed by atoms with Gasteiger partial charge in [0.1, 0.15) is 0 Å². The van der Waals surface area contributed by atoms with E-state index in [1.807, 2.05) is 0 Å². The summed E-state index contributed by atoms with van der Waals surface area (Å²) in [5, 5.41) is 0. The van der Waals surface area contributed by atoms with Gasteiger partial charge >= 0.3 is 0 Å². The molecule has 3 nitrogen and oxygen atoms in total. The first-order valence-electron chi connectivity index (χ1n) is 7.90. The van der Waals surface area contributed by atoms with Crippen molar-refractivity contribution in [2.75, 3.05) is 39.3 Å². The molecule has 2 rings (SSSR count). The zero-order valence-electron chi connectivity index (χ0n) is 13.1. The molecule has 0 unspecified atom stereocenters. The molecule has 3 heteroatoms. The van der Waals surface area contributed by atoms with Gasteiger partial charge in [-0.15, -0.1) is 0 Å². The van der Waals surface area contributed by atoms with E-state index in [4.69, 9.17) is 5.73 Å². The number of nitrogens with zero attached hydrogens (tertiary/aromatic N) is 2. The Kier molecular flexibility index (Phi) is 6.02. The van der Waals surface area contributed by atoms with Crippen LogP contribution in [0.25, 0.3) is 0 Å². The third-order valence-corrected chi connectivity index (χ3v) is 4.34. The van der Waals surface area contributed by atoms with Crippen molar-refractivity contribution >= 4 is 0 Å². The maximum Gasteiger partial charge on any atom is 0.0234 e. The van der Waals surface area contributed by atoms with E-state index >= 15 is 0 Å². The van der Waals surface area contributed by atoms with E-state index in [9.17, 15) is 0 Å². The summed E-state index contributed by atoms with van der Waals surface area (Å²) >= 11 is 0. The van der Waals surface area contributed by atoms with Gasteiger partial charge in [0.05, 0.1) is 0 Å². The first kappa shape index (κ1) is 15.5. The Balaban J connectivity index is 1.85. The SMILES string of the molecule is Cc1ccc(CN2CCCN(CCCN)CC2)cc1C. The summed E-state index contributed by atoms with van der Waals surface area (Å²) in [6.07, 6.45) is 2.40. The van der Waals surface area contributed by atoms with E-state index in [-0.39, 0.29) is 0 Å². The molecule has 1 aliphatic heterocycles. The fourth-order valence-corrected chi connectivity index (χ4v) is 2.88. The van der Waals surface area contributed by atoms with Crippen LogP contribution in [0.15, 0.2) is 18.2 Å². The zero-order chi connectivity index (χ0) is 14.4. The predicted molar refractivity (Wildman–Crippen MR) is 85.9 cm³/mol. The molecule has 0 spiro atoms. The monoisotopic (exact) mass is 275 g/mol. The van der Waals surface area contributed by atoms with Crippen molar-refractivity contribution in [3.63, 3.8) is 0 Å².